The van der Waals surface area contributed by atoms with Gasteiger partial charge in [-0.15, -0.1) is 0 Å². The fraction of sp³-hybridized carbons (Fsp3) is 0.192. The first-order chi connectivity index (χ1) is 15.3. The normalized spacial score (nSPS) is 16.3. The van der Waals surface area contributed by atoms with Crippen molar-refractivity contribution in [2.45, 2.75) is 18.8 Å². The molecular weight excluding hydrogens is 386 g/mol. The van der Waals surface area contributed by atoms with Crippen LogP contribution in [0.1, 0.15) is 35.0 Å². The highest BCUT2D eigenvalue weighted by Gasteiger charge is 2.29. The van der Waals surface area contributed by atoms with E-state index in [9.17, 15) is 4.79 Å². The molecule has 1 aliphatic heterocycles. The number of carbonyl (C=O) groups is 1. The van der Waals surface area contributed by atoms with E-state index in [-0.39, 0.29) is 11.8 Å². The van der Waals surface area contributed by atoms with Gasteiger partial charge in [-0.3, -0.25) is 4.79 Å². The van der Waals surface area contributed by atoms with Gasteiger partial charge >= 0.3 is 0 Å². The molecule has 154 valence electrons. The molecule has 5 nitrogen and oxygen atoms in total. The maximum Gasteiger partial charge on any atom is 0.253 e. The number of piperidine rings is 1. The fourth-order valence-electron chi connectivity index (χ4n) is 4.09. The molecule has 5 heteroatoms. The molecule has 31 heavy (non-hydrogen) atoms. The lowest BCUT2D eigenvalue weighted by atomic mass is 9.97. The first kappa shape index (κ1) is 19.2. The van der Waals surface area contributed by atoms with E-state index in [1.54, 1.807) is 0 Å². The van der Waals surface area contributed by atoms with E-state index in [1.165, 1.54) is 0 Å². The molecule has 0 saturated carbocycles. The Kier molecular flexibility index (Phi) is 5.31. The van der Waals surface area contributed by atoms with Crippen molar-refractivity contribution in [3.8, 4) is 22.5 Å². The van der Waals surface area contributed by atoms with E-state index in [1.807, 2.05) is 77.7 Å². The summed E-state index contributed by atoms with van der Waals surface area (Å²) in [6.45, 7) is 1.34. The number of amides is 1. The van der Waals surface area contributed by atoms with Crippen LogP contribution in [-0.2, 0) is 0 Å². The zero-order chi connectivity index (χ0) is 21.0. The lowest BCUT2D eigenvalue weighted by Crippen LogP contribution is -2.39. The Morgan fingerprint density at radius 2 is 1.48 bits per heavy atom. The molecule has 1 unspecified atom stereocenters. The first-order valence-corrected chi connectivity index (χ1v) is 10.6. The molecule has 1 aliphatic rings. The number of nitrogens with zero attached hydrogens (tertiary/aromatic N) is 3. The molecule has 0 spiro atoms. The molecule has 0 N–H and O–H groups in total. The van der Waals surface area contributed by atoms with Gasteiger partial charge in [0.1, 0.15) is 0 Å². The quantitative estimate of drug-likeness (QED) is 0.451. The van der Waals surface area contributed by atoms with Gasteiger partial charge in [-0.2, -0.15) is 4.98 Å². The molecule has 5 rings (SSSR count). The number of benzene rings is 3. The third-order valence-corrected chi connectivity index (χ3v) is 5.77. The predicted octanol–water partition coefficient (Wildman–Crippen LogP) is 5.42. The van der Waals surface area contributed by atoms with Crippen LogP contribution in [-0.4, -0.2) is 34.0 Å². The molecule has 2 heterocycles. The zero-order valence-electron chi connectivity index (χ0n) is 17.1. The van der Waals surface area contributed by atoms with Crippen LogP contribution in [0.25, 0.3) is 22.5 Å². The Balaban J connectivity index is 1.29. The Bertz CT molecular complexity index is 1150. The smallest absolute Gasteiger partial charge is 0.253 e. The molecule has 0 aliphatic carbocycles. The lowest BCUT2D eigenvalue weighted by Gasteiger charge is -2.31. The van der Waals surface area contributed by atoms with Crippen LogP contribution in [0.5, 0.6) is 0 Å². The maximum absolute atomic E-state index is 13.1. The minimum atomic E-state index is 0.0482. The minimum absolute atomic E-state index is 0.0482. The number of aromatic nitrogens is 2. The van der Waals surface area contributed by atoms with Crippen molar-refractivity contribution >= 4 is 5.91 Å². The summed E-state index contributed by atoms with van der Waals surface area (Å²) in [6, 6.07) is 27.8. The van der Waals surface area contributed by atoms with Crippen molar-refractivity contribution in [2.24, 2.45) is 0 Å². The van der Waals surface area contributed by atoms with Gasteiger partial charge in [0, 0.05) is 24.2 Å². The van der Waals surface area contributed by atoms with Gasteiger partial charge in [0.2, 0.25) is 11.7 Å². The van der Waals surface area contributed by atoms with Gasteiger partial charge in [-0.25, -0.2) is 0 Å². The van der Waals surface area contributed by atoms with E-state index in [0.717, 1.165) is 36.1 Å². The highest BCUT2D eigenvalue weighted by Crippen LogP contribution is 2.29. The summed E-state index contributed by atoms with van der Waals surface area (Å²) in [5.41, 5.74) is 3.88. The van der Waals surface area contributed by atoms with Gasteiger partial charge < -0.3 is 9.42 Å². The first-order valence-electron chi connectivity index (χ1n) is 10.6. The minimum Gasteiger partial charge on any atom is -0.339 e. The molecule has 0 bridgehead atoms. The zero-order valence-corrected chi connectivity index (χ0v) is 17.1. The van der Waals surface area contributed by atoms with Gasteiger partial charge in [0.25, 0.3) is 5.91 Å². The summed E-state index contributed by atoms with van der Waals surface area (Å²) >= 11 is 0. The molecule has 1 aromatic heterocycles. The van der Waals surface area contributed by atoms with Crippen molar-refractivity contribution in [1.82, 2.24) is 15.0 Å². The van der Waals surface area contributed by atoms with Gasteiger partial charge in [-0.05, 0) is 36.1 Å². The van der Waals surface area contributed by atoms with E-state index >= 15 is 0 Å². The highest BCUT2D eigenvalue weighted by atomic mass is 16.5. The third-order valence-electron chi connectivity index (χ3n) is 5.77. The van der Waals surface area contributed by atoms with E-state index in [0.29, 0.717) is 23.8 Å². The highest BCUT2D eigenvalue weighted by molar-refractivity contribution is 5.94. The van der Waals surface area contributed by atoms with Crippen LogP contribution < -0.4 is 0 Å². The standard InChI is InChI=1S/C26H23N3O2/c30-26(22-15-13-20(14-16-22)19-8-3-1-4-9-19)29-17-7-12-23(18-29)25-27-24(28-31-25)21-10-5-2-6-11-21/h1-6,8-11,13-16,23H,7,12,17-18H2. The second-order valence-corrected chi connectivity index (χ2v) is 7.86. The van der Waals surface area contributed by atoms with Crippen molar-refractivity contribution in [2.75, 3.05) is 13.1 Å². The summed E-state index contributed by atoms with van der Waals surface area (Å²) in [5.74, 6) is 1.31. The number of rotatable bonds is 4. The molecule has 1 saturated heterocycles. The lowest BCUT2D eigenvalue weighted by molar-refractivity contribution is 0.0695. The monoisotopic (exact) mass is 409 g/mol. The van der Waals surface area contributed by atoms with Crippen molar-refractivity contribution in [3.05, 3.63) is 96.4 Å². The van der Waals surface area contributed by atoms with Crippen LogP contribution >= 0.6 is 0 Å². The second kappa shape index (κ2) is 8.56. The summed E-state index contributed by atoms with van der Waals surface area (Å²) in [5, 5.41) is 4.14. The van der Waals surface area contributed by atoms with Crippen LogP contribution in [0, 0.1) is 0 Å². The number of carbonyl (C=O) groups excluding carboxylic acids is 1. The number of hydrogen-bond acceptors (Lipinski definition) is 4. The number of likely N-dealkylation sites (tertiary alicyclic amines) is 1. The van der Waals surface area contributed by atoms with Gasteiger partial charge in [0.15, 0.2) is 0 Å². The Hall–Kier alpha value is -3.73. The largest absolute Gasteiger partial charge is 0.339 e. The topological polar surface area (TPSA) is 59.2 Å². The second-order valence-electron chi connectivity index (χ2n) is 7.86. The van der Waals surface area contributed by atoms with Crippen LogP contribution in [0.4, 0.5) is 0 Å². The Morgan fingerprint density at radius 3 is 2.19 bits per heavy atom. The summed E-state index contributed by atoms with van der Waals surface area (Å²) < 4.78 is 5.56. The third kappa shape index (κ3) is 4.12. The van der Waals surface area contributed by atoms with Crippen molar-refractivity contribution in [3.63, 3.8) is 0 Å². The fourth-order valence-corrected chi connectivity index (χ4v) is 4.09. The molecular formula is C26H23N3O2. The van der Waals surface area contributed by atoms with Crippen LogP contribution in [0.15, 0.2) is 89.5 Å². The van der Waals surface area contributed by atoms with Crippen molar-refractivity contribution in [1.29, 1.82) is 0 Å². The average Bonchev–Trinajstić information content (AvgIpc) is 3.35. The Labute approximate surface area is 181 Å². The van der Waals surface area contributed by atoms with Gasteiger partial charge in [-0.1, -0.05) is 78.0 Å². The summed E-state index contributed by atoms with van der Waals surface area (Å²) in [7, 11) is 0. The van der Waals surface area contributed by atoms with E-state index < -0.39 is 0 Å². The van der Waals surface area contributed by atoms with E-state index in [2.05, 4.69) is 22.3 Å². The van der Waals surface area contributed by atoms with Gasteiger partial charge in [0.05, 0.1) is 5.92 Å². The SMILES string of the molecule is O=C(c1ccc(-c2ccccc2)cc1)N1CCCC(c2nc(-c3ccccc3)no2)C1. The molecule has 1 fully saturated rings. The molecule has 3 aromatic carbocycles. The Morgan fingerprint density at radius 1 is 0.839 bits per heavy atom. The van der Waals surface area contributed by atoms with E-state index in [4.69, 9.17) is 4.52 Å². The summed E-state index contributed by atoms with van der Waals surface area (Å²) in [6.07, 6.45) is 1.86. The van der Waals surface area contributed by atoms with Crippen LogP contribution in [0.3, 0.4) is 0 Å². The molecule has 0 radical (unpaired) electrons. The number of hydrogen-bond donors (Lipinski definition) is 0. The molecule has 4 aromatic rings. The predicted molar refractivity (Wildman–Crippen MR) is 119 cm³/mol. The van der Waals surface area contributed by atoms with Crippen LogP contribution in [0.2, 0.25) is 0 Å². The maximum atomic E-state index is 13.1. The molecule has 1 amide bonds. The average molecular weight is 409 g/mol. The summed E-state index contributed by atoms with van der Waals surface area (Å²) in [4.78, 5) is 19.6. The molecule has 1 atom stereocenters. The van der Waals surface area contributed by atoms with Crippen molar-refractivity contribution < 1.29 is 9.32 Å².